The van der Waals surface area contributed by atoms with Gasteiger partial charge < -0.3 is 24.9 Å². The molecule has 0 aliphatic rings. The second-order valence-electron chi connectivity index (χ2n) is 5.46. The van der Waals surface area contributed by atoms with E-state index in [1.807, 2.05) is 0 Å². The molecule has 7 nitrogen and oxygen atoms in total. The number of hydrogen-bond donors (Lipinski definition) is 5. The lowest BCUT2D eigenvalue weighted by Crippen LogP contribution is -2.36. The lowest BCUT2D eigenvalue weighted by Gasteiger charge is -2.26. The number of rotatable bonds is 13. The fourth-order valence-electron chi connectivity index (χ4n) is 2.01. The van der Waals surface area contributed by atoms with E-state index in [-0.39, 0.29) is 6.54 Å². The second-order valence-corrected chi connectivity index (χ2v) is 9.41. The minimum Gasteiger partial charge on any atom is -0.322 e. The van der Waals surface area contributed by atoms with Gasteiger partial charge in [-0.2, -0.15) is 0 Å². The Balaban J connectivity index is 3.94. The molecule has 0 saturated heterocycles. The van der Waals surface area contributed by atoms with Crippen LogP contribution in [0.3, 0.4) is 0 Å². The zero-order valence-corrected chi connectivity index (χ0v) is 14.7. The van der Waals surface area contributed by atoms with Gasteiger partial charge >= 0.3 is 20.3 Å². The van der Waals surface area contributed by atoms with Gasteiger partial charge in [-0.1, -0.05) is 51.9 Å². The Morgan fingerprint density at radius 1 is 0.864 bits per heavy atom. The summed E-state index contributed by atoms with van der Waals surface area (Å²) in [5, 5.41) is -1.47. The average Bonchev–Trinajstić information content (AvgIpc) is 2.38. The molecule has 10 heteroatoms. The Hall–Kier alpha value is 0.190. The van der Waals surface area contributed by atoms with E-state index in [0.29, 0.717) is 6.42 Å². The van der Waals surface area contributed by atoms with Crippen LogP contribution in [0.2, 0.25) is 0 Å². The van der Waals surface area contributed by atoms with E-state index in [1.54, 1.807) is 0 Å². The molecule has 0 fully saturated rings. The van der Waals surface area contributed by atoms with Crippen molar-refractivity contribution in [2.75, 3.05) is 13.1 Å². The van der Waals surface area contributed by atoms with Crippen molar-refractivity contribution >= 4 is 15.2 Å². The number of alkyl halides is 1. The largest absolute Gasteiger partial charge is 0.376 e. The Morgan fingerprint density at radius 2 is 1.27 bits per heavy atom. The summed E-state index contributed by atoms with van der Waals surface area (Å²) < 4.78 is 35.9. The highest BCUT2D eigenvalue weighted by molar-refractivity contribution is 7.72. The molecule has 134 valence electrons. The minimum absolute atomic E-state index is 0.251. The second kappa shape index (κ2) is 10.1. The smallest absolute Gasteiger partial charge is 0.322 e. The number of halogens is 1. The summed E-state index contributed by atoms with van der Waals surface area (Å²) in [5.74, 6) is 0. The topological polar surface area (TPSA) is 127 Å². The van der Waals surface area contributed by atoms with E-state index in [9.17, 15) is 13.5 Å². The standard InChI is InChI=1S/C12H28FNO6P2/c1-2-3-4-5-6-7-8-9-10-14-11-12(13,21(15,16)17)22(18,19)20/h14H,2-11H2,1H3,(H2,15,16,17)(H2,18,19,20). The van der Waals surface area contributed by atoms with Gasteiger partial charge in [-0.3, -0.25) is 9.13 Å². The van der Waals surface area contributed by atoms with Gasteiger partial charge in [-0.25, -0.2) is 4.39 Å². The molecule has 0 aromatic rings. The molecule has 0 heterocycles. The van der Waals surface area contributed by atoms with Crippen LogP contribution < -0.4 is 5.32 Å². The summed E-state index contributed by atoms with van der Waals surface area (Å²) in [4.78, 5) is 35.3. The summed E-state index contributed by atoms with van der Waals surface area (Å²) >= 11 is 0. The lowest BCUT2D eigenvalue weighted by molar-refractivity contribution is 0.218. The maximum absolute atomic E-state index is 14.0. The maximum Gasteiger partial charge on any atom is 0.376 e. The summed E-state index contributed by atoms with van der Waals surface area (Å²) in [7, 11) is -11.2. The first-order valence-electron chi connectivity index (χ1n) is 7.57. The van der Waals surface area contributed by atoms with Crippen LogP contribution in [-0.2, 0) is 9.13 Å². The van der Waals surface area contributed by atoms with Crippen LogP contribution in [0.5, 0.6) is 0 Å². The Bertz CT molecular complexity index is 375. The van der Waals surface area contributed by atoms with Crippen molar-refractivity contribution in [3.8, 4) is 0 Å². The molecule has 5 N–H and O–H groups in total. The van der Waals surface area contributed by atoms with Gasteiger partial charge in [0.2, 0.25) is 0 Å². The summed E-state index contributed by atoms with van der Waals surface area (Å²) in [5.41, 5.74) is 0. The Labute approximate surface area is 131 Å². The van der Waals surface area contributed by atoms with Gasteiger partial charge in [0.1, 0.15) is 0 Å². The average molecular weight is 363 g/mol. The first kappa shape index (κ1) is 22.2. The van der Waals surface area contributed by atoms with Crippen LogP contribution in [0.4, 0.5) is 4.39 Å². The highest BCUT2D eigenvalue weighted by atomic mass is 31.2. The van der Waals surface area contributed by atoms with Crippen LogP contribution in [0.25, 0.3) is 0 Å². The van der Waals surface area contributed by atoms with Crippen molar-refractivity contribution in [1.82, 2.24) is 5.32 Å². The quantitative estimate of drug-likeness (QED) is 0.251. The molecule has 0 unspecified atom stereocenters. The molecule has 0 saturated carbocycles. The normalized spacial score (nSPS) is 13.5. The fraction of sp³-hybridized carbons (Fsp3) is 1.00. The van der Waals surface area contributed by atoms with E-state index in [1.165, 1.54) is 25.7 Å². The van der Waals surface area contributed by atoms with Crippen molar-refractivity contribution < 1.29 is 33.1 Å². The minimum atomic E-state index is -5.58. The fourth-order valence-corrected chi connectivity index (χ4v) is 4.00. The van der Waals surface area contributed by atoms with E-state index in [4.69, 9.17) is 19.6 Å². The van der Waals surface area contributed by atoms with Gasteiger partial charge in [0.05, 0.1) is 6.54 Å². The Kier molecular flexibility index (Phi) is 10.2. The van der Waals surface area contributed by atoms with Crippen molar-refractivity contribution in [3.05, 3.63) is 0 Å². The molecule has 0 aromatic heterocycles. The van der Waals surface area contributed by atoms with Crippen LogP contribution in [-0.4, -0.2) is 37.8 Å². The van der Waals surface area contributed by atoms with Crippen molar-refractivity contribution in [3.63, 3.8) is 0 Å². The van der Waals surface area contributed by atoms with E-state index in [2.05, 4.69) is 12.2 Å². The first-order valence-corrected chi connectivity index (χ1v) is 10.8. The molecular formula is C12H28FNO6P2. The molecule has 0 aromatic carbocycles. The van der Waals surface area contributed by atoms with Gasteiger partial charge in [0, 0.05) is 0 Å². The predicted molar refractivity (Wildman–Crippen MR) is 83.4 cm³/mol. The number of nitrogens with one attached hydrogen (secondary N) is 1. The highest BCUT2D eigenvalue weighted by Crippen LogP contribution is 2.69. The monoisotopic (exact) mass is 363 g/mol. The van der Waals surface area contributed by atoms with Gasteiger partial charge in [0.25, 0.3) is 0 Å². The third-order valence-corrected chi connectivity index (χ3v) is 7.11. The molecule has 0 aliphatic heterocycles. The van der Waals surface area contributed by atoms with Gasteiger partial charge in [0.15, 0.2) is 0 Å². The number of hydrogen-bond acceptors (Lipinski definition) is 3. The van der Waals surface area contributed by atoms with Crippen LogP contribution in [0, 0.1) is 0 Å². The van der Waals surface area contributed by atoms with Crippen LogP contribution in [0.1, 0.15) is 58.3 Å². The molecule has 0 rings (SSSR count). The Morgan fingerprint density at radius 3 is 1.68 bits per heavy atom. The highest BCUT2D eigenvalue weighted by Gasteiger charge is 2.61. The van der Waals surface area contributed by atoms with Crippen LogP contribution in [0.15, 0.2) is 0 Å². The van der Waals surface area contributed by atoms with Gasteiger partial charge in [-0.05, 0) is 13.0 Å². The SMILES string of the molecule is CCCCCCCCCCNCC(F)(P(=O)(O)O)P(=O)(O)O. The molecule has 0 atom stereocenters. The maximum atomic E-state index is 14.0. The molecular weight excluding hydrogens is 335 g/mol. The van der Waals surface area contributed by atoms with Crippen molar-refractivity contribution in [2.45, 2.75) is 63.4 Å². The van der Waals surface area contributed by atoms with Crippen molar-refractivity contribution in [1.29, 1.82) is 0 Å². The molecule has 22 heavy (non-hydrogen) atoms. The third-order valence-electron chi connectivity index (χ3n) is 3.45. The van der Waals surface area contributed by atoms with Gasteiger partial charge in [-0.15, -0.1) is 0 Å². The first-order chi connectivity index (χ1) is 10.1. The zero-order valence-electron chi connectivity index (χ0n) is 12.9. The summed E-state index contributed by atoms with van der Waals surface area (Å²) in [6.45, 7) is 1.32. The van der Waals surface area contributed by atoms with E-state index in [0.717, 1.165) is 19.3 Å². The molecule has 0 radical (unpaired) electrons. The number of unbranched alkanes of at least 4 members (excludes halogenated alkanes) is 7. The summed E-state index contributed by atoms with van der Waals surface area (Å²) in [6.07, 6.45) is 8.46. The predicted octanol–water partition coefficient (Wildman–Crippen LogP) is 2.70. The summed E-state index contributed by atoms with van der Waals surface area (Å²) in [6, 6.07) is 0. The zero-order chi connectivity index (χ0) is 17.3. The lowest BCUT2D eigenvalue weighted by atomic mass is 10.1. The molecule has 0 amide bonds. The van der Waals surface area contributed by atoms with E-state index >= 15 is 0 Å². The van der Waals surface area contributed by atoms with E-state index < -0.39 is 26.9 Å². The third kappa shape index (κ3) is 7.64. The molecule has 0 bridgehead atoms. The van der Waals surface area contributed by atoms with Crippen LogP contribution >= 0.6 is 15.2 Å². The van der Waals surface area contributed by atoms with Crippen molar-refractivity contribution in [2.24, 2.45) is 0 Å². The molecule has 0 spiro atoms. The molecule has 0 aliphatic carbocycles.